The number of likely N-dealkylation sites (N-methyl/N-ethyl adjacent to an activating group) is 1. The van der Waals surface area contributed by atoms with Crippen LogP contribution in [0.2, 0.25) is 0 Å². The van der Waals surface area contributed by atoms with Crippen LogP contribution < -0.4 is 10.6 Å². The van der Waals surface area contributed by atoms with Crippen molar-refractivity contribution in [2.75, 3.05) is 17.7 Å². The van der Waals surface area contributed by atoms with Crippen molar-refractivity contribution < 1.29 is 9.32 Å². The molecule has 1 aromatic carbocycles. The molecular weight excluding hydrogens is 218 g/mol. The van der Waals surface area contributed by atoms with Crippen molar-refractivity contribution in [3.63, 3.8) is 0 Å². The van der Waals surface area contributed by atoms with Gasteiger partial charge in [-0.3, -0.25) is 4.79 Å². The molecule has 86 valence electrons. The number of benzene rings is 1. The number of rotatable bonds is 1. The largest absolute Gasteiger partial charge is 0.368 e. The standard InChI is InChI=1S/C12H11N3O2/c1-15-10-4-7(9-6-11(13)17-14-9)2-3-8(10)5-12(15)16/h2-4,6H,5,13H2,1H3. The first-order valence-electron chi connectivity index (χ1n) is 5.27. The summed E-state index contributed by atoms with van der Waals surface area (Å²) in [6, 6.07) is 7.45. The molecule has 0 fully saturated rings. The van der Waals surface area contributed by atoms with Crippen molar-refractivity contribution in [2.45, 2.75) is 6.42 Å². The molecule has 0 atom stereocenters. The number of anilines is 2. The monoisotopic (exact) mass is 229 g/mol. The van der Waals surface area contributed by atoms with Crippen molar-refractivity contribution in [1.29, 1.82) is 0 Å². The van der Waals surface area contributed by atoms with Gasteiger partial charge < -0.3 is 15.2 Å². The first kappa shape index (κ1) is 9.89. The first-order chi connectivity index (χ1) is 8.15. The van der Waals surface area contributed by atoms with Crippen LogP contribution in [-0.4, -0.2) is 18.1 Å². The van der Waals surface area contributed by atoms with Gasteiger partial charge in [0.2, 0.25) is 11.8 Å². The molecule has 0 unspecified atom stereocenters. The van der Waals surface area contributed by atoms with Crippen LogP contribution in [0.3, 0.4) is 0 Å². The lowest BCUT2D eigenvalue weighted by Crippen LogP contribution is -2.20. The Morgan fingerprint density at radius 1 is 1.41 bits per heavy atom. The number of hydrogen-bond donors (Lipinski definition) is 1. The number of fused-ring (bicyclic) bond motifs is 1. The zero-order chi connectivity index (χ0) is 12.0. The molecular formula is C12H11N3O2. The lowest BCUT2D eigenvalue weighted by atomic mass is 10.1. The van der Waals surface area contributed by atoms with E-state index in [0.29, 0.717) is 12.1 Å². The molecule has 2 heterocycles. The smallest absolute Gasteiger partial charge is 0.231 e. The summed E-state index contributed by atoms with van der Waals surface area (Å²) in [6.07, 6.45) is 0.465. The average molecular weight is 229 g/mol. The van der Waals surface area contributed by atoms with Crippen LogP contribution in [-0.2, 0) is 11.2 Å². The van der Waals surface area contributed by atoms with Gasteiger partial charge in [-0.25, -0.2) is 0 Å². The summed E-state index contributed by atoms with van der Waals surface area (Å²) < 4.78 is 4.83. The van der Waals surface area contributed by atoms with Gasteiger partial charge in [-0.2, -0.15) is 0 Å². The molecule has 2 aromatic rings. The number of carbonyl (C=O) groups is 1. The third-order valence-electron chi connectivity index (χ3n) is 2.99. The minimum absolute atomic E-state index is 0.108. The van der Waals surface area contributed by atoms with E-state index in [0.717, 1.165) is 16.8 Å². The maximum Gasteiger partial charge on any atom is 0.231 e. The highest BCUT2D eigenvalue weighted by Gasteiger charge is 2.24. The number of nitrogens with two attached hydrogens (primary N) is 1. The molecule has 1 amide bonds. The van der Waals surface area contributed by atoms with Crippen molar-refractivity contribution in [3.05, 3.63) is 29.8 Å². The molecule has 1 aromatic heterocycles. The zero-order valence-electron chi connectivity index (χ0n) is 9.30. The summed E-state index contributed by atoms with van der Waals surface area (Å²) in [7, 11) is 1.77. The van der Waals surface area contributed by atoms with Gasteiger partial charge in [-0.1, -0.05) is 17.3 Å². The van der Waals surface area contributed by atoms with E-state index in [-0.39, 0.29) is 11.8 Å². The van der Waals surface area contributed by atoms with Gasteiger partial charge in [0.05, 0.1) is 6.42 Å². The van der Waals surface area contributed by atoms with E-state index >= 15 is 0 Å². The maximum atomic E-state index is 11.6. The average Bonchev–Trinajstić information content (AvgIpc) is 2.85. The van der Waals surface area contributed by atoms with E-state index in [4.69, 9.17) is 10.3 Å². The van der Waals surface area contributed by atoms with E-state index in [1.165, 1.54) is 0 Å². The van der Waals surface area contributed by atoms with Crippen molar-refractivity contribution in [1.82, 2.24) is 5.16 Å². The van der Waals surface area contributed by atoms with Gasteiger partial charge in [0, 0.05) is 24.4 Å². The number of nitrogens with zero attached hydrogens (tertiary/aromatic N) is 2. The molecule has 0 aliphatic carbocycles. The van der Waals surface area contributed by atoms with Crippen LogP contribution in [0.4, 0.5) is 11.6 Å². The SMILES string of the molecule is CN1C(=O)Cc2ccc(-c3cc(N)on3)cc21. The third kappa shape index (κ3) is 1.47. The van der Waals surface area contributed by atoms with Gasteiger partial charge in [0.1, 0.15) is 5.69 Å². The van der Waals surface area contributed by atoms with E-state index in [2.05, 4.69) is 5.16 Å². The molecule has 0 spiro atoms. The minimum atomic E-state index is 0.108. The highest BCUT2D eigenvalue weighted by atomic mass is 16.5. The Morgan fingerprint density at radius 3 is 2.94 bits per heavy atom. The summed E-state index contributed by atoms with van der Waals surface area (Å²) in [5.74, 6) is 0.391. The lowest BCUT2D eigenvalue weighted by Gasteiger charge is -2.10. The number of amides is 1. The molecule has 0 radical (unpaired) electrons. The molecule has 1 aliphatic heterocycles. The molecule has 1 aliphatic rings. The number of hydrogen-bond acceptors (Lipinski definition) is 4. The Labute approximate surface area is 97.8 Å². The van der Waals surface area contributed by atoms with E-state index in [1.807, 2.05) is 18.2 Å². The topological polar surface area (TPSA) is 72.4 Å². The van der Waals surface area contributed by atoms with Gasteiger partial charge in [-0.05, 0) is 11.6 Å². The van der Waals surface area contributed by atoms with Crippen molar-refractivity contribution >= 4 is 17.5 Å². The second kappa shape index (κ2) is 3.35. The van der Waals surface area contributed by atoms with E-state index < -0.39 is 0 Å². The maximum absolute atomic E-state index is 11.6. The number of aromatic nitrogens is 1. The normalized spacial score (nSPS) is 14.2. The van der Waals surface area contributed by atoms with Gasteiger partial charge in [-0.15, -0.1) is 0 Å². The van der Waals surface area contributed by atoms with Crippen LogP contribution in [0.5, 0.6) is 0 Å². The van der Waals surface area contributed by atoms with Crippen LogP contribution in [0, 0.1) is 0 Å². The summed E-state index contributed by atoms with van der Waals surface area (Å²) >= 11 is 0. The highest BCUT2D eigenvalue weighted by molar-refractivity contribution is 6.01. The first-order valence-corrected chi connectivity index (χ1v) is 5.27. The minimum Gasteiger partial charge on any atom is -0.368 e. The van der Waals surface area contributed by atoms with Gasteiger partial charge in [0.15, 0.2) is 0 Å². The number of nitrogen functional groups attached to an aromatic ring is 1. The van der Waals surface area contributed by atoms with Crippen molar-refractivity contribution in [3.8, 4) is 11.3 Å². The fourth-order valence-electron chi connectivity index (χ4n) is 2.03. The third-order valence-corrected chi connectivity index (χ3v) is 2.99. The highest BCUT2D eigenvalue weighted by Crippen LogP contribution is 2.32. The van der Waals surface area contributed by atoms with E-state index in [1.54, 1.807) is 18.0 Å². The Morgan fingerprint density at radius 2 is 2.24 bits per heavy atom. The second-order valence-corrected chi connectivity index (χ2v) is 4.09. The number of carbonyl (C=O) groups excluding carboxylic acids is 1. The zero-order valence-corrected chi connectivity index (χ0v) is 9.30. The Balaban J connectivity index is 2.08. The lowest BCUT2D eigenvalue weighted by molar-refractivity contribution is -0.117. The Kier molecular flexibility index (Phi) is 1.95. The Bertz CT molecular complexity index is 604. The molecule has 0 bridgehead atoms. The molecule has 0 saturated heterocycles. The van der Waals surface area contributed by atoms with Crippen molar-refractivity contribution in [2.24, 2.45) is 0 Å². The summed E-state index contributed by atoms with van der Waals surface area (Å²) in [5, 5.41) is 3.85. The molecule has 17 heavy (non-hydrogen) atoms. The fourth-order valence-corrected chi connectivity index (χ4v) is 2.03. The fraction of sp³-hybridized carbons (Fsp3) is 0.167. The molecule has 2 N–H and O–H groups in total. The van der Waals surface area contributed by atoms with E-state index in [9.17, 15) is 4.79 Å². The Hall–Kier alpha value is -2.30. The second-order valence-electron chi connectivity index (χ2n) is 4.09. The van der Waals surface area contributed by atoms with Gasteiger partial charge >= 0.3 is 0 Å². The molecule has 5 nitrogen and oxygen atoms in total. The van der Waals surface area contributed by atoms with Crippen LogP contribution in [0.15, 0.2) is 28.8 Å². The summed E-state index contributed by atoms with van der Waals surface area (Å²) in [4.78, 5) is 13.2. The summed E-state index contributed by atoms with van der Waals surface area (Å²) in [5.41, 5.74) is 9.02. The van der Waals surface area contributed by atoms with Crippen LogP contribution in [0.25, 0.3) is 11.3 Å². The predicted molar refractivity (Wildman–Crippen MR) is 63.5 cm³/mol. The predicted octanol–water partition coefficient (Wildman–Crippen LogP) is 1.44. The van der Waals surface area contributed by atoms with Crippen LogP contribution in [0.1, 0.15) is 5.56 Å². The van der Waals surface area contributed by atoms with Gasteiger partial charge in [0.25, 0.3) is 0 Å². The quantitative estimate of drug-likeness (QED) is 0.803. The van der Waals surface area contributed by atoms with Crippen LogP contribution >= 0.6 is 0 Å². The molecule has 5 heteroatoms. The molecule has 0 saturated carbocycles. The molecule has 3 rings (SSSR count). The summed E-state index contributed by atoms with van der Waals surface area (Å²) in [6.45, 7) is 0.